The lowest BCUT2D eigenvalue weighted by Gasteiger charge is -2.12. The molecule has 2 N–H and O–H groups in total. The van der Waals surface area contributed by atoms with E-state index in [-0.39, 0.29) is 0 Å². The lowest BCUT2D eigenvalue weighted by molar-refractivity contribution is -0.147. The number of hydrogen-bond acceptors (Lipinski definition) is 4. The molecular formula is C18H18N2O4. The minimum Gasteiger partial charge on any atom is -0.480 e. The number of carbonyl (C=O) groups is 2. The Hall–Kier alpha value is -2.89. The van der Waals surface area contributed by atoms with E-state index in [2.05, 4.69) is 10.3 Å². The molecule has 0 spiro atoms. The number of hydrogen-bond donors (Lipinski definition) is 2. The molecule has 1 fully saturated rings. The van der Waals surface area contributed by atoms with Crippen molar-refractivity contribution in [2.75, 3.05) is 5.32 Å². The number of nitrogens with one attached hydrogen (secondary N) is 1. The highest BCUT2D eigenvalue weighted by Gasteiger charge is 2.57. The van der Waals surface area contributed by atoms with Crippen LogP contribution in [0.1, 0.15) is 24.0 Å². The van der Waals surface area contributed by atoms with Crippen molar-refractivity contribution >= 4 is 17.6 Å². The highest BCUT2D eigenvalue weighted by atomic mass is 16.5. The molecule has 2 aromatic rings. The number of pyridine rings is 1. The van der Waals surface area contributed by atoms with Crippen molar-refractivity contribution in [2.24, 2.45) is 5.41 Å². The van der Waals surface area contributed by atoms with Crippen molar-refractivity contribution in [3.63, 3.8) is 0 Å². The van der Waals surface area contributed by atoms with Gasteiger partial charge in [-0.3, -0.25) is 9.59 Å². The smallest absolute Gasteiger partial charge is 0.319 e. The zero-order valence-electron chi connectivity index (χ0n) is 13.5. The summed E-state index contributed by atoms with van der Waals surface area (Å²) in [5.74, 6) is -0.453. The first kappa shape index (κ1) is 16.0. The van der Waals surface area contributed by atoms with E-state index < -0.39 is 17.3 Å². The minimum absolute atomic E-state index is 0.370. The number of nitrogens with zero attached hydrogens (tertiary/aromatic N) is 1. The van der Waals surface area contributed by atoms with Gasteiger partial charge in [-0.15, -0.1) is 0 Å². The first-order valence-electron chi connectivity index (χ1n) is 7.67. The van der Waals surface area contributed by atoms with E-state index in [1.807, 2.05) is 32.0 Å². The van der Waals surface area contributed by atoms with Crippen molar-refractivity contribution < 1.29 is 19.4 Å². The maximum atomic E-state index is 12.0. The lowest BCUT2D eigenvalue weighted by Crippen LogP contribution is -2.31. The number of carboxylic acids is 1. The Labute approximate surface area is 139 Å². The summed E-state index contributed by atoms with van der Waals surface area (Å²) >= 11 is 0. The minimum atomic E-state index is -1.27. The van der Waals surface area contributed by atoms with Crippen molar-refractivity contribution in [3.8, 4) is 11.6 Å². The highest BCUT2D eigenvalue weighted by Crippen LogP contribution is 2.46. The molecule has 1 aliphatic carbocycles. The number of aromatic nitrogens is 1. The average Bonchev–Trinajstić information content (AvgIpc) is 3.35. The molecule has 0 bridgehead atoms. The van der Waals surface area contributed by atoms with Crippen LogP contribution in [0.25, 0.3) is 0 Å². The summed E-state index contributed by atoms with van der Waals surface area (Å²) in [5, 5.41) is 11.7. The van der Waals surface area contributed by atoms with E-state index in [0.717, 1.165) is 16.9 Å². The Morgan fingerprint density at radius 2 is 1.96 bits per heavy atom. The molecule has 1 amide bonds. The Kier molecular flexibility index (Phi) is 3.97. The largest absolute Gasteiger partial charge is 0.480 e. The molecule has 1 saturated carbocycles. The molecular weight excluding hydrogens is 308 g/mol. The van der Waals surface area contributed by atoms with Gasteiger partial charge in [-0.25, -0.2) is 4.98 Å². The summed E-state index contributed by atoms with van der Waals surface area (Å²) < 4.78 is 5.75. The molecule has 0 unspecified atom stereocenters. The number of amides is 1. The molecule has 3 rings (SSSR count). The van der Waals surface area contributed by atoms with E-state index in [1.54, 1.807) is 12.1 Å². The Morgan fingerprint density at radius 3 is 2.54 bits per heavy atom. The Morgan fingerprint density at radius 1 is 1.21 bits per heavy atom. The number of aryl methyl sites for hydroxylation is 1. The predicted octanol–water partition coefficient (Wildman–Crippen LogP) is 3.29. The van der Waals surface area contributed by atoms with Gasteiger partial charge in [0.05, 0.1) is 11.9 Å². The predicted molar refractivity (Wildman–Crippen MR) is 88.2 cm³/mol. The second-order valence-corrected chi connectivity index (χ2v) is 6.03. The van der Waals surface area contributed by atoms with Gasteiger partial charge in [0.15, 0.2) is 0 Å². The fraction of sp³-hybridized carbons (Fsp3) is 0.278. The van der Waals surface area contributed by atoms with Crippen LogP contribution in [0, 0.1) is 19.3 Å². The van der Waals surface area contributed by atoms with Crippen LogP contribution < -0.4 is 10.1 Å². The first-order chi connectivity index (χ1) is 11.4. The van der Waals surface area contributed by atoms with Gasteiger partial charge in [0.25, 0.3) is 0 Å². The molecule has 1 aromatic heterocycles. The number of ether oxygens (including phenoxy) is 1. The van der Waals surface area contributed by atoms with E-state index >= 15 is 0 Å². The van der Waals surface area contributed by atoms with E-state index in [4.69, 9.17) is 9.84 Å². The molecule has 1 heterocycles. The number of benzene rings is 1. The van der Waals surface area contributed by atoms with Gasteiger partial charge in [0.1, 0.15) is 11.2 Å². The fourth-order valence-electron chi connectivity index (χ4n) is 2.38. The maximum Gasteiger partial charge on any atom is 0.319 e. The fourth-order valence-corrected chi connectivity index (χ4v) is 2.38. The molecule has 0 radical (unpaired) electrons. The number of rotatable bonds is 5. The lowest BCUT2D eigenvalue weighted by atomic mass is 10.1. The van der Waals surface area contributed by atoms with Crippen molar-refractivity contribution in [1.29, 1.82) is 0 Å². The third-order valence-corrected chi connectivity index (χ3v) is 4.36. The number of carboxylic acid groups (broad SMARTS) is 1. The average molecular weight is 326 g/mol. The van der Waals surface area contributed by atoms with Crippen LogP contribution in [-0.4, -0.2) is 22.0 Å². The topological polar surface area (TPSA) is 88.5 Å². The van der Waals surface area contributed by atoms with Gasteiger partial charge in [-0.2, -0.15) is 0 Å². The molecule has 0 atom stereocenters. The second kappa shape index (κ2) is 5.96. The van der Waals surface area contributed by atoms with Crippen LogP contribution >= 0.6 is 0 Å². The van der Waals surface area contributed by atoms with Crippen LogP contribution in [0.4, 0.5) is 5.69 Å². The molecule has 6 nitrogen and oxygen atoms in total. The quantitative estimate of drug-likeness (QED) is 0.823. The summed E-state index contributed by atoms with van der Waals surface area (Å²) in [7, 11) is 0. The van der Waals surface area contributed by atoms with Gasteiger partial charge in [-0.05, 0) is 49.9 Å². The first-order valence-corrected chi connectivity index (χ1v) is 7.67. The monoisotopic (exact) mass is 326 g/mol. The van der Waals surface area contributed by atoms with Gasteiger partial charge < -0.3 is 15.2 Å². The van der Waals surface area contributed by atoms with Crippen molar-refractivity contribution in [1.82, 2.24) is 4.98 Å². The maximum absolute atomic E-state index is 12.0. The van der Waals surface area contributed by atoms with Crippen LogP contribution in [-0.2, 0) is 9.59 Å². The zero-order chi connectivity index (χ0) is 17.3. The Bertz CT molecular complexity index is 795. The van der Waals surface area contributed by atoms with Gasteiger partial charge in [-0.1, -0.05) is 12.1 Å². The molecule has 0 aliphatic heterocycles. The summed E-state index contributed by atoms with van der Waals surface area (Å²) in [6.45, 7) is 3.98. The summed E-state index contributed by atoms with van der Waals surface area (Å²) in [5.41, 5.74) is 1.34. The number of carbonyl (C=O) groups excluding carboxylic acids is 1. The van der Waals surface area contributed by atoms with Gasteiger partial charge in [0.2, 0.25) is 11.8 Å². The molecule has 0 saturated heterocycles. The summed E-state index contributed by atoms with van der Waals surface area (Å²) in [6.07, 6.45) is 2.20. The third kappa shape index (κ3) is 2.95. The van der Waals surface area contributed by atoms with Crippen LogP contribution in [0.5, 0.6) is 11.6 Å². The van der Waals surface area contributed by atoms with Crippen LogP contribution in [0.2, 0.25) is 0 Å². The van der Waals surface area contributed by atoms with Crippen LogP contribution in [0.3, 0.4) is 0 Å². The molecule has 6 heteroatoms. The van der Waals surface area contributed by atoms with Crippen LogP contribution in [0.15, 0.2) is 36.5 Å². The van der Waals surface area contributed by atoms with E-state index in [0.29, 0.717) is 24.4 Å². The molecule has 124 valence electrons. The molecule has 1 aromatic carbocycles. The Balaban J connectivity index is 1.69. The van der Waals surface area contributed by atoms with Crippen molar-refractivity contribution in [2.45, 2.75) is 26.7 Å². The summed E-state index contributed by atoms with van der Waals surface area (Å²) in [4.78, 5) is 27.3. The normalized spacial score (nSPS) is 14.8. The molecule has 1 aliphatic rings. The number of anilines is 1. The van der Waals surface area contributed by atoms with Gasteiger partial charge in [0, 0.05) is 6.07 Å². The van der Waals surface area contributed by atoms with Crippen molar-refractivity contribution in [3.05, 3.63) is 47.7 Å². The summed E-state index contributed by atoms with van der Waals surface area (Å²) in [6, 6.07) is 9.06. The molecule has 24 heavy (non-hydrogen) atoms. The van der Waals surface area contributed by atoms with E-state index in [1.165, 1.54) is 6.20 Å². The van der Waals surface area contributed by atoms with E-state index in [9.17, 15) is 9.59 Å². The second-order valence-electron chi connectivity index (χ2n) is 6.03. The number of aliphatic carboxylic acids is 1. The standard InChI is InChI=1S/C18H18N2O4/c1-11-4-3-5-14(12(11)2)24-15-7-6-13(10-19-15)20-16(21)18(8-9-18)17(22)23/h3-7,10H,8-9H2,1-2H3,(H,20,21)(H,22,23). The zero-order valence-corrected chi connectivity index (χ0v) is 13.5. The third-order valence-electron chi connectivity index (χ3n) is 4.36. The highest BCUT2D eigenvalue weighted by molar-refractivity contribution is 6.10. The van der Waals surface area contributed by atoms with Gasteiger partial charge >= 0.3 is 5.97 Å². The SMILES string of the molecule is Cc1cccc(Oc2ccc(NC(=O)C3(C(=O)O)CC3)cn2)c1C.